The summed E-state index contributed by atoms with van der Waals surface area (Å²) in [5, 5.41) is 0.777. The maximum absolute atomic E-state index is 11.6. The van der Waals surface area contributed by atoms with E-state index in [2.05, 4.69) is 28.8 Å². The van der Waals surface area contributed by atoms with Gasteiger partial charge in [-0.05, 0) is 39.3 Å². The second-order valence-corrected chi connectivity index (χ2v) is 6.64. The van der Waals surface area contributed by atoms with Crippen LogP contribution in [0.3, 0.4) is 0 Å². The molecule has 20 heavy (non-hydrogen) atoms. The summed E-state index contributed by atoms with van der Waals surface area (Å²) in [6, 6.07) is 2.31. The quantitative estimate of drug-likeness (QED) is 0.647. The highest BCUT2D eigenvalue weighted by molar-refractivity contribution is 7.99. The fraction of sp³-hybridized carbons (Fsp3) is 0.733. The highest BCUT2D eigenvalue weighted by Crippen LogP contribution is 2.21. The highest BCUT2D eigenvalue weighted by atomic mass is 32.2. The molecule has 0 spiro atoms. The minimum Gasteiger partial charge on any atom is -0.303 e. The van der Waals surface area contributed by atoms with Crippen molar-refractivity contribution in [3.05, 3.63) is 22.1 Å². The van der Waals surface area contributed by atoms with Crippen LogP contribution < -0.4 is 5.56 Å². The number of hydrogen-bond donors (Lipinski definition) is 1. The minimum atomic E-state index is -0.0271. The van der Waals surface area contributed by atoms with E-state index in [9.17, 15) is 4.79 Å². The van der Waals surface area contributed by atoms with E-state index in [0.29, 0.717) is 6.04 Å². The van der Waals surface area contributed by atoms with Gasteiger partial charge in [0.1, 0.15) is 0 Å². The number of aromatic amines is 1. The largest absolute Gasteiger partial charge is 0.303 e. The molecule has 2 rings (SSSR count). The van der Waals surface area contributed by atoms with Crippen molar-refractivity contribution in [3.63, 3.8) is 0 Å². The number of rotatable bonds is 6. The molecule has 1 aromatic rings. The third-order valence-electron chi connectivity index (χ3n) is 3.89. The lowest BCUT2D eigenvalue weighted by Gasteiger charge is -2.32. The van der Waals surface area contributed by atoms with Crippen LogP contribution in [0.1, 0.15) is 44.7 Å². The molecule has 0 aromatic carbocycles. The van der Waals surface area contributed by atoms with Gasteiger partial charge in [0.25, 0.3) is 5.56 Å². The first-order valence-corrected chi connectivity index (χ1v) is 8.61. The Kier molecular flexibility index (Phi) is 6.10. The van der Waals surface area contributed by atoms with Crippen molar-refractivity contribution in [3.8, 4) is 0 Å². The fourth-order valence-corrected chi connectivity index (χ4v) is 3.67. The number of aromatic nitrogens is 2. The van der Waals surface area contributed by atoms with Crippen LogP contribution in [-0.2, 0) is 6.42 Å². The minimum absolute atomic E-state index is 0.0271. The summed E-state index contributed by atoms with van der Waals surface area (Å²) in [7, 11) is 2.22. The number of hydrogen-bond acceptors (Lipinski definition) is 4. The zero-order valence-electron chi connectivity index (χ0n) is 12.5. The van der Waals surface area contributed by atoms with Crippen molar-refractivity contribution in [1.29, 1.82) is 0 Å². The predicted molar refractivity (Wildman–Crippen MR) is 84.5 cm³/mol. The number of piperidine rings is 1. The monoisotopic (exact) mass is 295 g/mol. The van der Waals surface area contributed by atoms with Gasteiger partial charge in [0.05, 0.1) is 0 Å². The molecule has 1 fully saturated rings. The maximum atomic E-state index is 11.6. The molecule has 0 aliphatic carbocycles. The van der Waals surface area contributed by atoms with Gasteiger partial charge in [0, 0.05) is 23.6 Å². The van der Waals surface area contributed by atoms with Crippen LogP contribution in [0.15, 0.2) is 16.0 Å². The molecule has 5 heteroatoms. The molecule has 0 saturated carbocycles. The average molecular weight is 295 g/mol. The summed E-state index contributed by atoms with van der Waals surface area (Å²) >= 11 is 1.68. The molecule has 1 atom stereocenters. The van der Waals surface area contributed by atoms with Crippen molar-refractivity contribution in [1.82, 2.24) is 14.9 Å². The topological polar surface area (TPSA) is 49.0 Å². The zero-order valence-corrected chi connectivity index (χ0v) is 13.3. The van der Waals surface area contributed by atoms with Crippen molar-refractivity contribution < 1.29 is 0 Å². The Morgan fingerprint density at radius 1 is 1.50 bits per heavy atom. The van der Waals surface area contributed by atoms with Crippen molar-refractivity contribution >= 4 is 11.8 Å². The van der Waals surface area contributed by atoms with Gasteiger partial charge in [-0.1, -0.05) is 31.5 Å². The van der Waals surface area contributed by atoms with Crippen LogP contribution in [0.2, 0.25) is 0 Å². The molecule has 0 amide bonds. The standard InChI is InChI=1S/C15H25N3OS/c1-3-6-12-11-14(19)17-15(16-12)20-10-8-13-7-4-5-9-18(13)2/h11,13H,3-10H2,1-2H3,(H,16,17,19). The molecular formula is C15H25N3OS. The molecule has 1 N–H and O–H groups in total. The first-order chi connectivity index (χ1) is 9.69. The van der Waals surface area contributed by atoms with E-state index in [1.807, 2.05) is 0 Å². The smallest absolute Gasteiger partial charge is 0.251 e. The first-order valence-electron chi connectivity index (χ1n) is 7.62. The van der Waals surface area contributed by atoms with E-state index >= 15 is 0 Å². The first kappa shape index (κ1) is 15.6. The second kappa shape index (κ2) is 7.84. The molecule has 1 aliphatic heterocycles. The van der Waals surface area contributed by atoms with Gasteiger partial charge in [0.15, 0.2) is 5.16 Å². The number of nitrogens with one attached hydrogen (secondary N) is 1. The average Bonchev–Trinajstić information content (AvgIpc) is 2.41. The Morgan fingerprint density at radius 3 is 3.10 bits per heavy atom. The summed E-state index contributed by atoms with van der Waals surface area (Å²) in [4.78, 5) is 21.4. The van der Waals surface area contributed by atoms with Gasteiger partial charge in [-0.25, -0.2) is 4.98 Å². The lowest BCUT2D eigenvalue weighted by Crippen LogP contribution is -2.36. The predicted octanol–water partition coefficient (Wildman–Crippen LogP) is 2.69. The molecule has 0 radical (unpaired) electrons. The lowest BCUT2D eigenvalue weighted by atomic mass is 10.0. The molecule has 1 saturated heterocycles. The number of thioether (sulfide) groups is 1. The normalized spacial score (nSPS) is 20.2. The number of H-pyrrole nitrogens is 1. The van der Waals surface area contributed by atoms with Crippen molar-refractivity contribution in [2.75, 3.05) is 19.3 Å². The summed E-state index contributed by atoms with van der Waals surface area (Å²) in [5.41, 5.74) is 0.884. The number of nitrogens with zero attached hydrogens (tertiary/aromatic N) is 2. The Hall–Kier alpha value is -0.810. The van der Waals surface area contributed by atoms with Gasteiger partial charge in [0.2, 0.25) is 0 Å². The van der Waals surface area contributed by atoms with Crippen LogP contribution in [0.25, 0.3) is 0 Å². The van der Waals surface area contributed by atoms with E-state index in [1.165, 1.54) is 32.2 Å². The van der Waals surface area contributed by atoms with Gasteiger partial charge < -0.3 is 9.88 Å². The third-order valence-corrected chi connectivity index (χ3v) is 4.80. The Balaban J connectivity index is 1.85. The third kappa shape index (κ3) is 4.63. The van der Waals surface area contributed by atoms with Gasteiger partial charge in [-0.3, -0.25) is 4.79 Å². The Morgan fingerprint density at radius 2 is 2.35 bits per heavy atom. The van der Waals surface area contributed by atoms with E-state index in [1.54, 1.807) is 17.8 Å². The van der Waals surface area contributed by atoms with E-state index in [-0.39, 0.29) is 5.56 Å². The molecule has 1 aliphatic rings. The van der Waals surface area contributed by atoms with Gasteiger partial charge in [-0.15, -0.1) is 0 Å². The summed E-state index contributed by atoms with van der Waals surface area (Å²) < 4.78 is 0. The molecule has 4 nitrogen and oxygen atoms in total. The molecule has 1 unspecified atom stereocenters. The highest BCUT2D eigenvalue weighted by Gasteiger charge is 2.18. The zero-order chi connectivity index (χ0) is 14.4. The van der Waals surface area contributed by atoms with Crippen molar-refractivity contribution in [2.24, 2.45) is 0 Å². The lowest BCUT2D eigenvalue weighted by molar-refractivity contribution is 0.182. The van der Waals surface area contributed by atoms with E-state index in [4.69, 9.17) is 0 Å². The van der Waals surface area contributed by atoms with Crippen LogP contribution in [0, 0.1) is 0 Å². The fourth-order valence-electron chi connectivity index (χ4n) is 2.74. The van der Waals surface area contributed by atoms with E-state index in [0.717, 1.165) is 29.4 Å². The summed E-state index contributed by atoms with van der Waals surface area (Å²) in [5.74, 6) is 1.02. The number of aryl methyl sites for hydroxylation is 1. The van der Waals surface area contributed by atoms with Crippen LogP contribution >= 0.6 is 11.8 Å². The van der Waals surface area contributed by atoms with Crippen LogP contribution in [0.4, 0.5) is 0 Å². The van der Waals surface area contributed by atoms with Crippen LogP contribution in [-0.4, -0.2) is 40.3 Å². The Labute approximate surface area is 125 Å². The number of likely N-dealkylation sites (tertiary alicyclic amines) is 1. The summed E-state index contributed by atoms with van der Waals surface area (Å²) in [6.45, 7) is 3.32. The Bertz CT molecular complexity index is 474. The van der Waals surface area contributed by atoms with Gasteiger partial charge >= 0.3 is 0 Å². The second-order valence-electron chi connectivity index (χ2n) is 5.56. The summed E-state index contributed by atoms with van der Waals surface area (Å²) in [6.07, 6.45) is 7.05. The van der Waals surface area contributed by atoms with E-state index < -0.39 is 0 Å². The molecular weight excluding hydrogens is 270 g/mol. The SMILES string of the molecule is CCCc1cc(=O)[nH]c(SCCC2CCCCN2C)n1. The maximum Gasteiger partial charge on any atom is 0.251 e. The molecule has 112 valence electrons. The van der Waals surface area contributed by atoms with Gasteiger partial charge in [-0.2, -0.15) is 0 Å². The molecule has 0 bridgehead atoms. The van der Waals surface area contributed by atoms with Crippen molar-refractivity contribution in [2.45, 2.75) is 56.6 Å². The van der Waals surface area contributed by atoms with Crippen LogP contribution in [0.5, 0.6) is 0 Å². The molecule has 2 heterocycles. The molecule has 1 aromatic heterocycles.